The normalized spacial score (nSPS) is 21.4. The van der Waals surface area contributed by atoms with E-state index >= 15 is 0 Å². The molecule has 2 N–H and O–H groups in total. The van der Waals surface area contributed by atoms with Gasteiger partial charge in [-0.05, 0) is 55.1 Å². The minimum absolute atomic E-state index is 0.0562. The Morgan fingerprint density at radius 2 is 1.17 bits per heavy atom. The molecule has 0 aromatic heterocycles. The van der Waals surface area contributed by atoms with E-state index in [4.69, 9.17) is 10.2 Å². The molecule has 0 aliphatic heterocycles. The van der Waals surface area contributed by atoms with E-state index in [9.17, 15) is 14.4 Å². The Bertz CT molecular complexity index is 963. The van der Waals surface area contributed by atoms with Gasteiger partial charge in [-0.25, -0.2) is 0 Å². The number of hydrogen-bond acceptors (Lipinski definition) is 3. The van der Waals surface area contributed by atoms with Crippen LogP contribution in [0.25, 0.3) is 0 Å². The maximum absolute atomic E-state index is 12.3. The molecule has 1 unspecified atom stereocenters. The molecule has 188 valence electrons. The molecule has 2 fully saturated rings. The summed E-state index contributed by atoms with van der Waals surface area (Å²) >= 11 is 0. The number of hydrogen-bond donors (Lipinski definition) is 2. The lowest BCUT2D eigenvalue weighted by Crippen LogP contribution is -2.39. The molecule has 2 aromatic rings. The zero-order valence-electron chi connectivity index (χ0n) is 20.6. The topological polar surface area (TPSA) is 91.7 Å². The Labute approximate surface area is 208 Å². The fourth-order valence-electron chi connectivity index (χ4n) is 5.93. The van der Waals surface area contributed by atoms with Crippen molar-refractivity contribution in [3.63, 3.8) is 0 Å². The van der Waals surface area contributed by atoms with E-state index in [1.165, 1.54) is 24.8 Å². The first-order valence-electron chi connectivity index (χ1n) is 13.0. The summed E-state index contributed by atoms with van der Waals surface area (Å²) in [6.07, 6.45) is 10.9. The number of aliphatic carboxylic acids is 2. The van der Waals surface area contributed by atoms with Crippen LogP contribution in [0.15, 0.2) is 60.7 Å². The summed E-state index contributed by atoms with van der Waals surface area (Å²) < 4.78 is 0. The Morgan fingerprint density at radius 3 is 1.71 bits per heavy atom. The van der Waals surface area contributed by atoms with Gasteiger partial charge in [0.25, 0.3) is 0 Å². The third kappa shape index (κ3) is 7.03. The first-order chi connectivity index (χ1) is 16.9. The molecular formula is C30H38O5. The standard InChI is InChI=1S/C15H18O3.C15H20O2/c16-13-8-4-5-10-15(13,11-9-14(17)18)12-6-2-1-3-7-12;16-14(17)9-12-15(10-5-2-6-11-15)13-7-3-1-4-8-13/h1-3,6-7H,4-5,8-11H2,(H,17,18);1,3-4,7-8H,2,5-6,9-12H2,(H,16,17). The summed E-state index contributed by atoms with van der Waals surface area (Å²) in [7, 11) is 0. The van der Waals surface area contributed by atoms with Crippen LogP contribution in [0.3, 0.4) is 0 Å². The van der Waals surface area contributed by atoms with Crippen molar-refractivity contribution in [2.24, 2.45) is 0 Å². The van der Waals surface area contributed by atoms with Gasteiger partial charge in [0, 0.05) is 19.3 Å². The minimum Gasteiger partial charge on any atom is -0.481 e. The average molecular weight is 479 g/mol. The van der Waals surface area contributed by atoms with Gasteiger partial charge in [0.2, 0.25) is 0 Å². The minimum atomic E-state index is -0.830. The summed E-state index contributed by atoms with van der Waals surface area (Å²) in [5.74, 6) is -1.30. The van der Waals surface area contributed by atoms with Gasteiger partial charge in [0.05, 0.1) is 5.41 Å². The van der Waals surface area contributed by atoms with E-state index in [-0.39, 0.29) is 24.0 Å². The highest BCUT2D eigenvalue weighted by Gasteiger charge is 2.41. The summed E-state index contributed by atoms with van der Waals surface area (Å²) in [5.41, 5.74) is 1.88. The van der Waals surface area contributed by atoms with Crippen molar-refractivity contribution in [2.75, 3.05) is 0 Å². The Hall–Kier alpha value is -2.95. The van der Waals surface area contributed by atoms with Gasteiger partial charge in [0.15, 0.2) is 0 Å². The lowest BCUT2D eigenvalue weighted by Gasteiger charge is -2.37. The van der Waals surface area contributed by atoms with Crippen LogP contribution in [0.1, 0.15) is 94.6 Å². The number of rotatable bonds is 8. The van der Waals surface area contributed by atoms with Crippen molar-refractivity contribution in [1.82, 2.24) is 0 Å². The first-order valence-corrected chi connectivity index (χ1v) is 13.0. The number of ketones is 1. The van der Waals surface area contributed by atoms with Crippen molar-refractivity contribution in [2.45, 2.75) is 94.3 Å². The summed E-state index contributed by atoms with van der Waals surface area (Å²) in [6.45, 7) is 0. The van der Waals surface area contributed by atoms with Gasteiger partial charge >= 0.3 is 11.9 Å². The zero-order chi connectivity index (χ0) is 25.2. The Balaban J connectivity index is 0.000000196. The number of carboxylic acid groups (broad SMARTS) is 2. The number of Topliss-reactive ketones (excluding diaryl/α,β-unsaturated/α-hetero) is 1. The van der Waals surface area contributed by atoms with Crippen LogP contribution in [-0.2, 0) is 25.2 Å². The number of benzene rings is 2. The van der Waals surface area contributed by atoms with Crippen LogP contribution < -0.4 is 0 Å². The molecule has 2 saturated carbocycles. The number of carbonyl (C=O) groups excluding carboxylic acids is 1. The third-order valence-corrected chi connectivity index (χ3v) is 7.90. The maximum Gasteiger partial charge on any atom is 0.303 e. The molecule has 2 aliphatic rings. The Morgan fingerprint density at radius 1 is 0.657 bits per heavy atom. The molecule has 1 atom stereocenters. The van der Waals surface area contributed by atoms with Crippen LogP contribution in [-0.4, -0.2) is 27.9 Å². The van der Waals surface area contributed by atoms with Crippen LogP contribution >= 0.6 is 0 Å². The van der Waals surface area contributed by atoms with Crippen LogP contribution in [0.2, 0.25) is 0 Å². The molecule has 2 aliphatic carbocycles. The predicted octanol–water partition coefficient (Wildman–Crippen LogP) is 6.69. The van der Waals surface area contributed by atoms with Gasteiger partial charge in [0.1, 0.15) is 5.78 Å². The van der Waals surface area contributed by atoms with E-state index in [1.807, 2.05) is 36.4 Å². The highest BCUT2D eigenvalue weighted by atomic mass is 16.4. The fourth-order valence-corrected chi connectivity index (χ4v) is 5.93. The summed E-state index contributed by atoms with van der Waals surface area (Å²) in [5, 5.41) is 17.8. The van der Waals surface area contributed by atoms with Crippen LogP contribution in [0, 0.1) is 0 Å². The van der Waals surface area contributed by atoms with E-state index in [2.05, 4.69) is 24.3 Å². The Kier molecular flexibility index (Phi) is 9.64. The first kappa shape index (κ1) is 26.7. The molecular weight excluding hydrogens is 440 g/mol. The second kappa shape index (κ2) is 12.7. The number of carbonyl (C=O) groups is 3. The molecule has 2 aromatic carbocycles. The van der Waals surface area contributed by atoms with Gasteiger partial charge in [-0.2, -0.15) is 0 Å². The lowest BCUT2D eigenvalue weighted by molar-refractivity contribution is -0.139. The largest absolute Gasteiger partial charge is 0.481 e. The molecule has 4 rings (SSSR count). The van der Waals surface area contributed by atoms with Crippen molar-refractivity contribution < 1.29 is 24.6 Å². The quantitative estimate of drug-likeness (QED) is 0.441. The SMILES string of the molecule is O=C(O)CCC1(c2ccccc2)CCCCC1.O=C(O)CCC1(c2ccccc2)CCCCC1=O. The van der Waals surface area contributed by atoms with E-state index in [1.54, 1.807) is 0 Å². The van der Waals surface area contributed by atoms with Crippen molar-refractivity contribution in [3.8, 4) is 0 Å². The van der Waals surface area contributed by atoms with Gasteiger partial charge in [-0.15, -0.1) is 0 Å². The zero-order valence-corrected chi connectivity index (χ0v) is 20.6. The average Bonchev–Trinajstić information content (AvgIpc) is 2.89. The smallest absolute Gasteiger partial charge is 0.303 e. The van der Waals surface area contributed by atoms with E-state index in [0.29, 0.717) is 12.8 Å². The van der Waals surface area contributed by atoms with Crippen molar-refractivity contribution >= 4 is 17.7 Å². The predicted molar refractivity (Wildman–Crippen MR) is 137 cm³/mol. The number of carboxylic acids is 2. The van der Waals surface area contributed by atoms with Crippen LogP contribution in [0.5, 0.6) is 0 Å². The molecule has 0 bridgehead atoms. The third-order valence-electron chi connectivity index (χ3n) is 7.90. The molecule has 0 spiro atoms. The highest BCUT2D eigenvalue weighted by Crippen LogP contribution is 2.43. The van der Waals surface area contributed by atoms with E-state index in [0.717, 1.165) is 44.1 Å². The molecule has 0 heterocycles. The maximum atomic E-state index is 12.3. The van der Waals surface area contributed by atoms with Gasteiger partial charge < -0.3 is 10.2 Å². The summed E-state index contributed by atoms with van der Waals surface area (Å²) in [4.78, 5) is 34.0. The summed E-state index contributed by atoms with van der Waals surface area (Å²) in [6, 6.07) is 20.1. The van der Waals surface area contributed by atoms with Crippen LogP contribution in [0.4, 0.5) is 0 Å². The molecule has 5 heteroatoms. The highest BCUT2D eigenvalue weighted by molar-refractivity contribution is 5.91. The van der Waals surface area contributed by atoms with Gasteiger partial charge in [-0.3, -0.25) is 14.4 Å². The molecule has 0 saturated heterocycles. The molecule has 0 amide bonds. The second-order valence-electron chi connectivity index (χ2n) is 10.1. The molecule has 0 radical (unpaired) electrons. The van der Waals surface area contributed by atoms with Gasteiger partial charge in [-0.1, -0.05) is 86.3 Å². The second-order valence-corrected chi connectivity index (χ2v) is 10.1. The van der Waals surface area contributed by atoms with Crippen molar-refractivity contribution in [1.29, 1.82) is 0 Å². The van der Waals surface area contributed by atoms with Crippen molar-refractivity contribution in [3.05, 3.63) is 71.8 Å². The fraction of sp³-hybridized carbons (Fsp3) is 0.500. The monoisotopic (exact) mass is 478 g/mol. The van der Waals surface area contributed by atoms with E-state index < -0.39 is 17.4 Å². The molecule has 35 heavy (non-hydrogen) atoms. The lowest BCUT2D eigenvalue weighted by atomic mass is 9.66. The molecule has 5 nitrogen and oxygen atoms in total.